The normalized spacial score (nSPS) is 17.4. The molecule has 3 nitrogen and oxygen atoms in total. The molecule has 1 amide bonds. The summed E-state index contributed by atoms with van der Waals surface area (Å²) < 4.78 is 0. The van der Waals surface area contributed by atoms with E-state index in [2.05, 4.69) is 41.5 Å². The number of fused-ring (bicyclic) bond motifs is 1. The predicted octanol–water partition coefficient (Wildman–Crippen LogP) is 2.92. The Morgan fingerprint density at radius 1 is 1.22 bits per heavy atom. The molecule has 0 spiro atoms. The summed E-state index contributed by atoms with van der Waals surface area (Å²) in [5.41, 5.74) is 2.74. The Balaban J connectivity index is 1.87. The molecule has 1 atom stereocenters. The van der Waals surface area contributed by atoms with Crippen molar-refractivity contribution in [1.29, 1.82) is 0 Å². The monoisotopic (exact) mass is 256 g/mol. The van der Waals surface area contributed by atoms with Gasteiger partial charge in [0.1, 0.15) is 5.37 Å². The Hall–Kier alpha value is -1.81. The van der Waals surface area contributed by atoms with Crippen LogP contribution in [0.2, 0.25) is 0 Å². The number of nitrogens with zero attached hydrogens (tertiary/aromatic N) is 1. The molecule has 1 unspecified atom stereocenters. The maximum Gasteiger partial charge on any atom is 0.254 e. The van der Waals surface area contributed by atoms with E-state index >= 15 is 0 Å². The molecule has 0 radical (unpaired) electrons. The van der Waals surface area contributed by atoms with Gasteiger partial charge in [-0.1, -0.05) is 29.5 Å². The van der Waals surface area contributed by atoms with Gasteiger partial charge in [-0.05, 0) is 31.2 Å². The first-order chi connectivity index (χ1) is 8.74. The van der Waals surface area contributed by atoms with E-state index in [4.69, 9.17) is 0 Å². The summed E-state index contributed by atoms with van der Waals surface area (Å²) >= 11 is 1.61. The lowest BCUT2D eigenvalue weighted by atomic mass is 10.2. The second kappa shape index (κ2) is 4.46. The fourth-order valence-electron chi connectivity index (χ4n) is 1.92. The number of nitrogens with one attached hydrogen (secondary N) is 1. The number of hydrogen-bond acceptors (Lipinski definition) is 3. The van der Waals surface area contributed by atoms with Crippen LogP contribution in [0, 0.1) is 6.92 Å². The Kier molecular flexibility index (Phi) is 2.80. The highest BCUT2D eigenvalue weighted by atomic mass is 32.2. The number of pyridine rings is 1. The van der Waals surface area contributed by atoms with Gasteiger partial charge < -0.3 is 5.32 Å². The van der Waals surface area contributed by atoms with Gasteiger partial charge in [-0.25, -0.2) is 0 Å². The van der Waals surface area contributed by atoms with Crippen LogP contribution in [0.4, 0.5) is 0 Å². The van der Waals surface area contributed by atoms with Crippen LogP contribution < -0.4 is 5.32 Å². The van der Waals surface area contributed by atoms with Gasteiger partial charge in [0.05, 0.1) is 11.3 Å². The van der Waals surface area contributed by atoms with E-state index in [0.717, 1.165) is 10.6 Å². The first kappa shape index (κ1) is 11.3. The molecule has 1 N–H and O–H groups in total. The fraction of sp³-hybridized carbons (Fsp3) is 0.143. The molecule has 0 saturated carbocycles. The minimum absolute atomic E-state index is 0.0392. The van der Waals surface area contributed by atoms with Gasteiger partial charge in [0, 0.05) is 11.1 Å². The molecule has 90 valence electrons. The smallest absolute Gasteiger partial charge is 0.254 e. The van der Waals surface area contributed by atoms with E-state index in [-0.39, 0.29) is 11.3 Å². The van der Waals surface area contributed by atoms with Crippen molar-refractivity contribution in [2.45, 2.75) is 17.2 Å². The number of rotatable bonds is 2. The molecule has 1 aliphatic heterocycles. The van der Waals surface area contributed by atoms with E-state index in [9.17, 15) is 4.79 Å². The molecule has 1 aromatic carbocycles. The zero-order valence-corrected chi connectivity index (χ0v) is 10.7. The number of amides is 1. The SMILES string of the molecule is Cc1ccc(SC2NC(=O)c3cccnc32)cc1. The van der Waals surface area contributed by atoms with Gasteiger partial charge >= 0.3 is 0 Å². The average Bonchev–Trinajstić information content (AvgIpc) is 2.70. The zero-order valence-electron chi connectivity index (χ0n) is 9.88. The summed E-state index contributed by atoms with van der Waals surface area (Å²) in [5, 5.41) is 2.86. The molecule has 0 saturated heterocycles. The van der Waals surface area contributed by atoms with Crippen LogP contribution in [0.1, 0.15) is 27.0 Å². The number of carbonyl (C=O) groups excluding carboxylic acids is 1. The third-order valence-corrected chi connectivity index (χ3v) is 3.99. The van der Waals surface area contributed by atoms with Crippen molar-refractivity contribution >= 4 is 17.7 Å². The van der Waals surface area contributed by atoms with Crippen LogP contribution in [-0.2, 0) is 0 Å². The number of hydrogen-bond donors (Lipinski definition) is 1. The Morgan fingerprint density at radius 3 is 2.78 bits per heavy atom. The van der Waals surface area contributed by atoms with E-state index < -0.39 is 0 Å². The van der Waals surface area contributed by atoms with Gasteiger partial charge in [0.15, 0.2) is 0 Å². The largest absolute Gasteiger partial charge is 0.334 e. The van der Waals surface area contributed by atoms with E-state index in [1.807, 2.05) is 6.07 Å². The molecule has 2 heterocycles. The van der Waals surface area contributed by atoms with Gasteiger partial charge in [-0.3, -0.25) is 9.78 Å². The maximum absolute atomic E-state index is 11.8. The molecule has 1 aromatic heterocycles. The van der Waals surface area contributed by atoms with Crippen molar-refractivity contribution in [3.8, 4) is 0 Å². The molecule has 1 aliphatic rings. The van der Waals surface area contributed by atoms with E-state index in [1.165, 1.54) is 5.56 Å². The van der Waals surface area contributed by atoms with Crippen molar-refractivity contribution in [3.63, 3.8) is 0 Å². The van der Waals surface area contributed by atoms with Gasteiger partial charge in [0.2, 0.25) is 0 Å². The lowest BCUT2D eigenvalue weighted by Gasteiger charge is -2.10. The van der Waals surface area contributed by atoms with Crippen LogP contribution >= 0.6 is 11.8 Å². The first-order valence-corrected chi connectivity index (χ1v) is 6.61. The van der Waals surface area contributed by atoms with E-state index in [0.29, 0.717) is 5.56 Å². The number of carbonyl (C=O) groups is 1. The summed E-state index contributed by atoms with van der Waals surface area (Å²) in [4.78, 5) is 17.2. The van der Waals surface area contributed by atoms with E-state index in [1.54, 1.807) is 24.0 Å². The standard InChI is InChI=1S/C14H12N2OS/c1-9-4-6-10(7-5-9)18-14-12-11(13(17)16-14)3-2-8-15-12/h2-8,14H,1H3,(H,16,17). The molecule has 18 heavy (non-hydrogen) atoms. The second-order valence-electron chi connectivity index (χ2n) is 4.22. The minimum atomic E-state index is -0.0867. The second-order valence-corrected chi connectivity index (χ2v) is 5.40. The van der Waals surface area contributed by atoms with Gasteiger partial charge in [-0.15, -0.1) is 0 Å². The Morgan fingerprint density at radius 2 is 2.00 bits per heavy atom. The molecular weight excluding hydrogens is 244 g/mol. The number of thioether (sulfide) groups is 1. The molecule has 2 aromatic rings. The van der Waals surface area contributed by atoms with Crippen LogP contribution in [0.15, 0.2) is 47.5 Å². The lowest BCUT2D eigenvalue weighted by molar-refractivity contribution is 0.0965. The van der Waals surface area contributed by atoms with Crippen LogP contribution in [0.25, 0.3) is 0 Å². The molecular formula is C14H12N2OS. The van der Waals surface area contributed by atoms with Crippen molar-refractivity contribution in [3.05, 3.63) is 59.4 Å². The third-order valence-electron chi connectivity index (χ3n) is 2.87. The van der Waals surface area contributed by atoms with Crippen LogP contribution in [0.5, 0.6) is 0 Å². The summed E-state index contributed by atoms with van der Waals surface area (Å²) in [6.07, 6.45) is 1.72. The van der Waals surface area contributed by atoms with Crippen molar-refractivity contribution < 1.29 is 4.79 Å². The molecule has 0 fully saturated rings. The first-order valence-electron chi connectivity index (χ1n) is 5.73. The Bertz CT molecular complexity index is 595. The zero-order chi connectivity index (χ0) is 12.5. The minimum Gasteiger partial charge on any atom is -0.334 e. The van der Waals surface area contributed by atoms with Crippen molar-refractivity contribution in [2.75, 3.05) is 0 Å². The number of benzene rings is 1. The highest BCUT2D eigenvalue weighted by Gasteiger charge is 2.30. The topological polar surface area (TPSA) is 42.0 Å². The molecule has 0 bridgehead atoms. The number of aromatic nitrogens is 1. The highest BCUT2D eigenvalue weighted by Crippen LogP contribution is 2.37. The molecule has 3 rings (SSSR count). The Labute approximate surface area is 110 Å². The summed E-state index contributed by atoms with van der Waals surface area (Å²) in [5.74, 6) is -0.0392. The summed E-state index contributed by atoms with van der Waals surface area (Å²) in [7, 11) is 0. The average molecular weight is 256 g/mol. The molecule has 4 heteroatoms. The fourth-order valence-corrected chi connectivity index (χ4v) is 2.95. The summed E-state index contributed by atoms with van der Waals surface area (Å²) in [6, 6.07) is 11.9. The highest BCUT2D eigenvalue weighted by molar-refractivity contribution is 7.99. The van der Waals surface area contributed by atoms with Crippen molar-refractivity contribution in [2.24, 2.45) is 0 Å². The lowest BCUT2D eigenvalue weighted by Crippen LogP contribution is -2.16. The third kappa shape index (κ3) is 1.99. The summed E-state index contributed by atoms with van der Waals surface area (Å²) in [6.45, 7) is 2.06. The van der Waals surface area contributed by atoms with Gasteiger partial charge in [0.25, 0.3) is 5.91 Å². The van der Waals surface area contributed by atoms with Crippen molar-refractivity contribution in [1.82, 2.24) is 10.3 Å². The predicted molar refractivity (Wildman–Crippen MR) is 71.5 cm³/mol. The van der Waals surface area contributed by atoms with Gasteiger partial charge in [-0.2, -0.15) is 0 Å². The van der Waals surface area contributed by atoms with Crippen LogP contribution in [-0.4, -0.2) is 10.9 Å². The molecule has 0 aliphatic carbocycles. The quantitative estimate of drug-likeness (QED) is 0.898. The number of aryl methyl sites for hydroxylation is 1. The maximum atomic E-state index is 11.8. The van der Waals surface area contributed by atoms with Crippen LogP contribution in [0.3, 0.4) is 0 Å².